The Morgan fingerprint density at radius 3 is 2.89 bits per heavy atom. The summed E-state index contributed by atoms with van der Waals surface area (Å²) in [4.78, 5) is 23.7. The van der Waals surface area contributed by atoms with Gasteiger partial charge in [0.05, 0.1) is 25.0 Å². The van der Waals surface area contributed by atoms with Crippen molar-refractivity contribution in [3.05, 3.63) is 24.3 Å². The topological polar surface area (TPSA) is 200 Å². The number of imidazole rings is 1. The number of nitrogen functional groups attached to an aromatic ring is 1. The number of carbonyl (C=O) groups is 1. The number of hydrogen-bond acceptors (Lipinski definition) is 10. The SMILES string of the molecule is NC(=O)c1cnn(-c2nc(N)c3c(ncn3C3OCC(O)C3(O)CO)n2)c1. The number of aliphatic hydroxyl groups excluding tert-OH is 2. The number of hydrogen-bond donors (Lipinski definition) is 5. The summed E-state index contributed by atoms with van der Waals surface area (Å²) in [6, 6.07) is 0. The minimum atomic E-state index is -1.93. The zero-order valence-electron chi connectivity index (χ0n) is 13.8. The van der Waals surface area contributed by atoms with Crippen molar-refractivity contribution in [1.29, 1.82) is 0 Å². The van der Waals surface area contributed by atoms with Gasteiger partial charge in [-0.05, 0) is 0 Å². The molecule has 1 saturated heterocycles. The predicted molar refractivity (Wildman–Crippen MR) is 88.4 cm³/mol. The van der Waals surface area contributed by atoms with Gasteiger partial charge < -0.3 is 31.5 Å². The molecule has 3 unspecified atom stereocenters. The lowest BCUT2D eigenvalue weighted by molar-refractivity contribution is -0.131. The van der Waals surface area contributed by atoms with Crippen LogP contribution >= 0.6 is 0 Å². The predicted octanol–water partition coefficient (Wildman–Crippen LogP) is -2.69. The highest BCUT2D eigenvalue weighted by Gasteiger charge is 2.51. The molecule has 0 aliphatic carbocycles. The normalized spacial score (nSPS) is 25.3. The van der Waals surface area contributed by atoms with Gasteiger partial charge in [-0.2, -0.15) is 15.1 Å². The van der Waals surface area contributed by atoms with Crippen LogP contribution < -0.4 is 11.5 Å². The smallest absolute Gasteiger partial charge is 0.254 e. The largest absolute Gasteiger partial charge is 0.393 e. The number of primary amides is 1. The summed E-state index contributed by atoms with van der Waals surface area (Å²) in [6.45, 7) is -0.913. The third-order valence-corrected chi connectivity index (χ3v) is 4.44. The Morgan fingerprint density at radius 2 is 2.22 bits per heavy atom. The number of anilines is 1. The molecule has 0 spiro atoms. The number of nitrogens with two attached hydrogens (primary N) is 2. The molecule has 4 heterocycles. The van der Waals surface area contributed by atoms with Crippen molar-refractivity contribution in [2.24, 2.45) is 5.73 Å². The quantitative estimate of drug-likeness (QED) is 0.319. The molecule has 0 aromatic carbocycles. The first-order valence-corrected chi connectivity index (χ1v) is 7.83. The van der Waals surface area contributed by atoms with E-state index in [0.717, 1.165) is 0 Å². The maximum Gasteiger partial charge on any atom is 0.254 e. The van der Waals surface area contributed by atoms with E-state index in [-0.39, 0.29) is 35.1 Å². The minimum absolute atomic E-state index is 0.00564. The van der Waals surface area contributed by atoms with E-state index in [1.165, 1.54) is 28.0 Å². The molecule has 13 nitrogen and oxygen atoms in total. The number of nitrogens with zero attached hydrogens (tertiary/aromatic N) is 6. The number of carbonyl (C=O) groups excluding carboxylic acids is 1. The van der Waals surface area contributed by atoms with Gasteiger partial charge in [-0.25, -0.2) is 9.67 Å². The summed E-state index contributed by atoms with van der Waals surface area (Å²) >= 11 is 0. The van der Waals surface area contributed by atoms with Crippen molar-refractivity contribution >= 4 is 22.9 Å². The average Bonchev–Trinajstić information content (AvgIpc) is 3.34. The first-order chi connectivity index (χ1) is 12.8. The van der Waals surface area contributed by atoms with Crippen molar-refractivity contribution in [2.45, 2.75) is 17.9 Å². The molecular formula is C14H16N8O5. The van der Waals surface area contributed by atoms with Crippen molar-refractivity contribution < 1.29 is 24.9 Å². The molecule has 27 heavy (non-hydrogen) atoms. The van der Waals surface area contributed by atoms with Crippen LogP contribution in [0.25, 0.3) is 17.1 Å². The Morgan fingerprint density at radius 1 is 1.44 bits per heavy atom. The highest BCUT2D eigenvalue weighted by atomic mass is 16.6. The van der Waals surface area contributed by atoms with Gasteiger partial charge in [0.15, 0.2) is 23.3 Å². The van der Waals surface area contributed by atoms with Crippen LogP contribution in [0.5, 0.6) is 0 Å². The first-order valence-electron chi connectivity index (χ1n) is 7.83. The Balaban J connectivity index is 1.79. The van der Waals surface area contributed by atoms with E-state index in [1.807, 2.05) is 0 Å². The Hall–Kier alpha value is -3.13. The van der Waals surface area contributed by atoms with Crippen LogP contribution in [0, 0.1) is 0 Å². The fourth-order valence-electron chi connectivity index (χ4n) is 2.94. The van der Waals surface area contributed by atoms with E-state index < -0.39 is 30.4 Å². The maximum absolute atomic E-state index is 11.2. The molecule has 13 heteroatoms. The first kappa shape index (κ1) is 17.3. The molecule has 3 atom stereocenters. The van der Waals surface area contributed by atoms with Crippen LogP contribution in [-0.2, 0) is 4.74 Å². The number of aromatic nitrogens is 6. The van der Waals surface area contributed by atoms with E-state index in [2.05, 4.69) is 20.1 Å². The van der Waals surface area contributed by atoms with Gasteiger partial charge in [-0.3, -0.25) is 9.36 Å². The summed E-state index contributed by atoms with van der Waals surface area (Å²) in [6.07, 6.45) is 1.50. The molecule has 1 aliphatic heterocycles. The fraction of sp³-hybridized carbons (Fsp3) is 0.357. The highest BCUT2D eigenvalue weighted by molar-refractivity contribution is 5.92. The van der Waals surface area contributed by atoms with Crippen LogP contribution in [0.2, 0.25) is 0 Å². The average molecular weight is 376 g/mol. The van der Waals surface area contributed by atoms with E-state index in [9.17, 15) is 20.1 Å². The molecule has 0 saturated carbocycles. The molecule has 142 valence electrons. The van der Waals surface area contributed by atoms with Crippen LogP contribution in [-0.4, -0.2) is 75.4 Å². The molecule has 1 fully saturated rings. The van der Waals surface area contributed by atoms with Crippen molar-refractivity contribution in [2.75, 3.05) is 18.9 Å². The Kier molecular flexibility index (Phi) is 3.81. The minimum Gasteiger partial charge on any atom is -0.393 e. The van der Waals surface area contributed by atoms with Gasteiger partial charge in [0, 0.05) is 6.20 Å². The summed E-state index contributed by atoms with van der Waals surface area (Å²) in [5.41, 5.74) is 9.87. The van der Waals surface area contributed by atoms with E-state index in [1.54, 1.807) is 0 Å². The lowest BCUT2D eigenvalue weighted by Crippen LogP contribution is -2.48. The van der Waals surface area contributed by atoms with Crippen molar-refractivity contribution in [3.63, 3.8) is 0 Å². The van der Waals surface area contributed by atoms with E-state index in [4.69, 9.17) is 16.2 Å². The second kappa shape index (κ2) is 5.95. The van der Waals surface area contributed by atoms with Gasteiger partial charge in [-0.15, -0.1) is 0 Å². The molecule has 7 N–H and O–H groups in total. The summed E-state index contributed by atoms with van der Waals surface area (Å²) in [7, 11) is 0. The third kappa shape index (κ3) is 2.52. The fourth-order valence-corrected chi connectivity index (χ4v) is 2.94. The van der Waals surface area contributed by atoms with Crippen molar-refractivity contribution in [1.82, 2.24) is 29.3 Å². The Labute approximate surface area is 150 Å². The second-order valence-electron chi connectivity index (χ2n) is 6.12. The third-order valence-electron chi connectivity index (χ3n) is 4.44. The standard InChI is InChI=1S/C14H16N8O5/c15-9-8-11(20-13(19-9)22-2-6(1-18-22)10(16)25)17-5-21(8)12-14(26,4-23)7(24)3-27-12/h1-2,5,7,12,23-24,26H,3-4H2,(H2,16,25)(H2,15,19,20). The molecule has 0 radical (unpaired) electrons. The summed E-state index contributed by atoms with van der Waals surface area (Å²) < 4.78 is 7.97. The van der Waals surface area contributed by atoms with E-state index in [0.29, 0.717) is 0 Å². The zero-order chi connectivity index (χ0) is 19.3. The molecule has 0 bridgehead atoms. The van der Waals surface area contributed by atoms with Gasteiger partial charge in [0.1, 0.15) is 17.9 Å². The number of fused-ring (bicyclic) bond motifs is 1. The van der Waals surface area contributed by atoms with Crippen LogP contribution in [0.4, 0.5) is 5.82 Å². The molecule has 1 amide bonds. The summed E-state index contributed by atoms with van der Waals surface area (Å²) in [5.74, 6) is -0.601. The van der Waals surface area contributed by atoms with Crippen LogP contribution in [0.3, 0.4) is 0 Å². The zero-order valence-corrected chi connectivity index (χ0v) is 13.8. The Bertz CT molecular complexity index is 1030. The van der Waals surface area contributed by atoms with Crippen LogP contribution in [0.15, 0.2) is 18.7 Å². The second-order valence-corrected chi connectivity index (χ2v) is 6.12. The number of ether oxygens (including phenoxy) is 1. The lowest BCUT2D eigenvalue weighted by atomic mass is 9.98. The van der Waals surface area contributed by atoms with Crippen LogP contribution in [0.1, 0.15) is 16.6 Å². The monoisotopic (exact) mass is 376 g/mol. The lowest BCUT2D eigenvalue weighted by Gasteiger charge is -2.29. The molecular weight excluding hydrogens is 360 g/mol. The van der Waals surface area contributed by atoms with Crippen molar-refractivity contribution in [3.8, 4) is 5.95 Å². The molecule has 1 aliphatic rings. The van der Waals surface area contributed by atoms with Gasteiger partial charge in [0.25, 0.3) is 11.9 Å². The van der Waals surface area contributed by atoms with E-state index >= 15 is 0 Å². The summed E-state index contributed by atoms with van der Waals surface area (Å²) in [5, 5.41) is 33.9. The van der Waals surface area contributed by atoms with Gasteiger partial charge in [-0.1, -0.05) is 0 Å². The number of amides is 1. The van der Waals surface area contributed by atoms with Gasteiger partial charge in [0.2, 0.25) is 0 Å². The maximum atomic E-state index is 11.2. The number of aliphatic hydroxyl groups is 3. The van der Waals surface area contributed by atoms with Gasteiger partial charge >= 0.3 is 0 Å². The molecule has 3 aromatic rings. The highest BCUT2D eigenvalue weighted by Crippen LogP contribution is 2.36. The molecule has 3 aromatic heterocycles. The number of rotatable bonds is 4. The molecule has 4 rings (SSSR count).